The summed E-state index contributed by atoms with van der Waals surface area (Å²) in [6, 6.07) is 0. The molecule has 0 saturated carbocycles. The summed E-state index contributed by atoms with van der Waals surface area (Å²) in [5, 5.41) is 0. The smallest absolute Gasteiger partial charge is 0.209 e. The fourth-order valence-corrected chi connectivity index (χ4v) is 3.59. The number of nitrogens with zero attached hydrogens (tertiary/aromatic N) is 1. The Kier molecular flexibility index (Phi) is 2.16. The maximum atomic E-state index is 11.1. The lowest BCUT2D eigenvalue weighted by Gasteiger charge is -2.30. The van der Waals surface area contributed by atoms with Crippen molar-refractivity contribution >= 4 is 16.2 Å². The van der Waals surface area contributed by atoms with Crippen molar-refractivity contribution in [1.29, 1.82) is 0 Å². The monoisotopic (exact) mass is 191 g/mol. The summed E-state index contributed by atoms with van der Waals surface area (Å²) in [4.78, 5) is 11.9. The van der Waals surface area contributed by atoms with Crippen molar-refractivity contribution in [3.8, 4) is 0 Å². The molecule has 0 bridgehead atoms. The standard InChI is InChI=1S/C7H13NO3S/c1-7(8(2)6-9)3-4-12(10,11)5-7/h6H,3-5H2,1-2H3. The van der Waals surface area contributed by atoms with Crippen molar-refractivity contribution in [1.82, 2.24) is 4.90 Å². The number of carbonyl (C=O) groups is 1. The van der Waals surface area contributed by atoms with Gasteiger partial charge in [0.05, 0.1) is 17.0 Å². The summed E-state index contributed by atoms with van der Waals surface area (Å²) < 4.78 is 22.2. The van der Waals surface area contributed by atoms with Gasteiger partial charge in [0.25, 0.3) is 0 Å². The van der Waals surface area contributed by atoms with E-state index in [2.05, 4.69) is 0 Å². The van der Waals surface area contributed by atoms with Gasteiger partial charge in [0.2, 0.25) is 6.41 Å². The first-order valence-corrected chi connectivity index (χ1v) is 5.60. The SMILES string of the molecule is CN(C=O)C1(C)CCS(=O)(=O)C1. The maximum Gasteiger partial charge on any atom is 0.209 e. The van der Waals surface area contributed by atoms with E-state index in [1.54, 1.807) is 14.0 Å². The van der Waals surface area contributed by atoms with Gasteiger partial charge in [-0.2, -0.15) is 0 Å². The van der Waals surface area contributed by atoms with Gasteiger partial charge in [-0.1, -0.05) is 0 Å². The second kappa shape index (κ2) is 2.73. The molecule has 12 heavy (non-hydrogen) atoms. The van der Waals surface area contributed by atoms with Gasteiger partial charge in [0.15, 0.2) is 9.84 Å². The molecular weight excluding hydrogens is 178 g/mol. The lowest BCUT2D eigenvalue weighted by Crippen LogP contribution is -2.43. The molecule has 0 N–H and O–H groups in total. The van der Waals surface area contributed by atoms with Crippen LogP contribution >= 0.6 is 0 Å². The molecule has 0 aliphatic carbocycles. The second-order valence-electron chi connectivity index (χ2n) is 3.56. The van der Waals surface area contributed by atoms with E-state index in [4.69, 9.17) is 0 Å². The van der Waals surface area contributed by atoms with Crippen LogP contribution in [0.1, 0.15) is 13.3 Å². The van der Waals surface area contributed by atoms with Crippen molar-refractivity contribution in [2.75, 3.05) is 18.6 Å². The van der Waals surface area contributed by atoms with Crippen molar-refractivity contribution in [3.63, 3.8) is 0 Å². The number of hydrogen-bond donors (Lipinski definition) is 0. The highest BCUT2D eigenvalue weighted by Gasteiger charge is 2.40. The molecule has 5 heteroatoms. The van der Waals surface area contributed by atoms with E-state index in [1.807, 2.05) is 0 Å². The zero-order valence-corrected chi connectivity index (χ0v) is 8.10. The second-order valence-corrected chi connectivity index (χ2v) is 5.74. The minimum Gasteiger partial charge on any atom is -0.342 e. The van der Waals surface area contributed by atoms with Gasteiger partial charge in [0.1, 0.15) is 0 Å². The van der Waals surface area contributed by atoms with Crippen LogP contribution < -0.4 is 0 Å². The molecule has 70 valence electrons. The van der Waals surface area contributed by atoms with Gasteiger partial charge in [0, 0.05) is 7.05 Å². The van der Waals surface area contributed by atoms with E-state index in [0.29, 0.717) is 12.8 Å². The highest BCUT2D eigenvalue weighted by molar-refractivity contribution is 7.91. The number of hydrogen-bond acceptors (Lipinski definition) is 3. The average Bonchev–Trinajstić information content (AvgIpc) is 2.25. The Morgan fingerprint density at radius 1 is 1.50 bits per heavy atom. The van der Waals surface area contributed by atoms with Crippen LogP contribution in [0.25, 0.3) is 0 Å². The molecule has 1 atom stereocenters. The fourth-order valence-electron chi connectivity index (χ4n) is 1.40. The van der Waals surface area contributed by atoms with Gasteiger partial charge in [-0.25, -0.2) is 8.42 Å². The molecule has 4 nitrogen and oxygen atoms in total. The quantitative estimate of drug-likeness (QED) is 0.561. The number of sulfone groups is 1. The highest BCUT2D eigenvalue weighted by atomic mass is 32.2. The Balaban J connectivity index is 2.84. The van der Waals surface area contributed by atoms with Gasteiger partial charge in [-0.05, 0) is 13.3 Å². The van der Waals surface area contributed by atoms with E-state index >= 15 is 0 Å². The number of rotatable bonds is 2. The summed E-state index contributed by atoms with van der Waals surface area (Å²) in [6.07, 6.45) is 1.23. The van der Waals surface area contributed by atoms with E-state index in [9.17, 15) is 13.2 Å². The molecule has 1 aliphatic rings. The minimum atomic E-state index is -2.91. The Hall–Kier alpha value is -0.580. The predicted octanol–water partition coefficient (Wildman–Crippen LogP) is -0.348. The van der Waals surface area contributed by atoms with Gasteiger partial charge in [-0.3, -0.25) is 4.79 Å². The Morgan fingerprint density at radius 3 is 2.42 bits per heavy atom. The minimum absolute atomic E-state index is 0.0925. The molecule has 1 unspecified atom stereocenters. The normalized spacial score (nSPS) is 33.2. The van der Waals surface area contributed by atoms with Crippen LogP contribution in [0, 0.1) is 0 Å². The zero-order valence-electron chi connectivity index (χ0n) is 7.28. The molecule has 0 spiro atoms. The van der Waals surface area contributed by atoms with Crippen molar-refractivity contribution in [3.05, 3.63) is 0 Å². The average molecular weight is 191 g/mol. The first-order valence-electron chi connectivity index (χ1n) is 3.78. The lowest BCUT2D eigenvalue weighted by molar-refractivity contribution is -0.120. The molecule has 0 radical (unpaired) electrons. The third-order valence-electron chi connectivity index (χ3n) is 2.49. The molecule has 1 rings (SSSR count). The predicted molar refractivity (Wildman–Crippen MR) is 45.5 cm³/mol. The van der Waals surface area contributed by atoms with Gasteiger partial charge >= 0.3 is 0 Å². The molecule has 1 aliphatic heterocycles. The van der Waals surface area contributed by atoms with E-state index in [1.165, 1.54) is 4.90 Å². The van der Waals surface area contributed by atoms with E-state index < -0.39 is 15.4 Å². The van der Waals surface area contributed by atoms with Crippen LogP contribution in [0.3, 0.4) is 0 Å². The maximum absolute atomic E-state index is 11.1. The van der Waals surface area contributed by atoms with Gasteiger partial charge in [-0.15, -0.1) is 0 Å². The van der Waals surface area contributed by atoms with Gasteiger partial charge < -0.3 is 4.90 Å². The molecule has 1 heterocycles. The zero-order chi connectivity index (χ0) is 9.41. The third kappa shape index (κ3) is 1.60. The molecule has 1 fully saturated rings. The van der Waals surface area contributed by atoms with Crippen LogP contribution in [0.4, 0.5) is 0 Å². The molecule has 0 aromatic carbocycles. The molecular formula is C7H13NO3S. The lowest BCUT2D eigenvalue weighted by atomic mass is 10.0. The Bertz CT molecular complexity index is 285. The summed E-state index contributed by atoms with van der Waals surface area (Å²) in [7, 11) is -1.29. The van der Waals surface area contributed by atoms with Crippen LogP contribution in [-0.2, 0) is 14.6 Å². The molecule has 1 saturated heterocycles. The summed E-state index contributed by atoms with van der Waals surface area (Å²) in [6.45, 7) is 1.80. The highest BCUT2D eigenvalue weighted by Crippen LogP contribution is 2.27. The number of carbonyl (C=O) groups excluding carboxylic acids is 1. The summed E-state index contributed by atoms with van der Waals surface area (Å²) in [5.74, 6) is 0.289. The molecule has 0 aromatic heterocycles. The summed E-state index contributed by atoms with van der Waals surface area (Å²) >= 11 is 0. The van der Waals surface area contributed by atoms with Crippen molar-refractivity contribution in [2.24, 2.45) is 0 Å². The van der Waals surface area contributed by atoms with Crippen molar-refractivity contribution < 1.29 is 13.2 Å². The first-order chi connectivity index (χ1) is 5.40. The summed E-state index contributed by atoms with van der Waals surface area (Å²) in [5.41, 5.74) is -0.486. The largest absolute Gasteiger partial charge is 0.342 e. The molecule has 0 aromatic rings. The van der Waals surface area contributed by atoms with Crippen LogP contribution in [-0.4, -0.2) is 43.8 Å². The third-order valence-corrected chi connectivity index (χ3v) is 4.38. The van der Waals surface area contributed by atoms with Crippen LogP contribution in [0.15, 0.2) is 0 Å². The van der Waals surface area contributed by atoms with Crippen LogP contribution in [0.2, 0.25) is 0 Å². The topological polar surface area (TPSA) is 54.5 Å². The Labute approximate surface area is 72.5 Å². The van der Waals surface area contributed by atoms with Crippen LogP contribution in [0.5, 0.6) is 0 Å². The van der Waals surface area contributed by atoms with E-state index in [0.717, 1.165) is 0 Å². The fraction of sp³-hybridized carbons (Fsp3) is 0.857. The first kappa shape index (κ1) is 9.51. The van der Waals surface area contributed by atoms with Crippen molar-refractivity contribution in [2.45, 2.75) is 18.9 Å². The number of amides is 1. The molecule has 1 amide bonds. The Morgan fingerprint density at radius 2 is 2.08 bits per heavy atom. The van der Waals surface area contributed by atoms with E-state index in [-0.39, 0.29) is 11.5 Å².